The largest absolute Gasteiger partial charge is 0.398 e. The SMILES string of the molecule is CCN1C(=S)NNC1c1ccccc1N. The minimum absolute atomic E-state index is 0.0312. The average Bonchev–Trinajstić information content (AvgIpc) is 2.60. The molecule has 1 fully saturated rings. The number of nitrogens with one attached hydrogen (secondary N) is 2. The second-order valence-corrected chi connectivity index (χ2v) is 3.78. The maximum Gasteiger partial charge on any atom is 0.185 e. The first-order chi connectivity index (χ1) is 7.24. The van der Waals surface area contributed by atoms with Crippen molar-refractivity contribution in [2.24, 2.45) is 0 Å². The number of thiocarbonyl (C=S) groups is 1. The van der Waals surface area contributed by atoms with E-state index in [0.717, 1.165) is 17.8 Å². The summed E-state index contributed by atoms with van der Waals surface area (Å²) in [5.74, 6) is 0. The van der Waals surface area contributed by atoms with Crippen LogP contribution in [0, 0.1) is 0 Å². The minimum atomic E-state index is 0.0312. The van der Waals surface area contributed by atoms with Crippen LogP contribution in [0.15, 0.2) is 24.3 Å². The van der Waals surface area contributed by atoms with Gasteiger partial charge in [0.05, 0.1) is 0 Å². The van der Waals surface area contributed by atoms with Crippen molar-refractivity contribution in [2.75, 3.05) is 12.3 Å². The number of nitrogens with zero attached hydrogens (tertiary/aromatic N) is 1. The van der Waals surface area contributed by atoms with Gasteiger partial charge in [-0.1, -0.05) is 18.2 Å². The second-order valence-electron chi connectivity index (χ2n) is 3.39. The third kappa shape index (κ3) is 1.75. The molecule has 5 heteroatoms. The van der Waals surface area contributed by atoms with Gasteiger partial charge < -0.3 is 10.6 Å². The number of anilines is 1. The van der Waals surface area contributed by atoms with Gasteiger partial charge in [0, 0.05) is 17.8 Å². The van der Waals surface area contributed by atoms with Gasteiger partial charge in [-0.3, -0.25) is 5.43 Å². The van der Waals surface area contributed by atoms with Crippen molar-refractivity contribution in [1.29, 1.82) is 0 Å². The molecule has 0 aliphatic carbocycles. The first-order valence-electron chi connectivity index (χ1n) is 4.90. The highest BCUT2D eigenvalue weighted by atomic mass is 32.1. The van der Waals surface area contributed by atoms with Crippen molar-refractivity contribution in [3.8, 4) is 0 Å². The zero-order valence-electron chi connectivity index (χ0n) is 8.53. The minimum Gasteiger partial charge on any atom is -0.398 e. The zero-order valence-corrected chi connectivity index (χ0v) is 9.34. The van der Waals surface area contributed by atoms with Gasteiger partial charge in [0.2, 0.25) is 0 Å². The molecule has 80 valence electrons. The Morgan fingerprint density at radius 2 is 2.20 bits per heavy atom. The number of hydrogen-bond acceptors (Lipinski definition) is 3. The normalized spacial score (nSPS) is 20.5. The highest BCUT2D eigenvalue weighted by molar-refractivity contribution is 7.80. The second kappa shape index (κ2) is 4.04. The lowest BCUT2D eigenvalue weighted by Crippen LogP contribution is -2.29. The van der Waals surface area contributed by atoms with Crippen molar-refractivity contribution in [2.45, 2.75) is 13.1 Å². The van der Waals surface area contributed by atoms with Crippen molar-refractivity contribution in [1.82, 2.24) is 15.8 Å². The number of hydrogen-bond donors (Lipinski definition) is 3. The molecule has 0 bridgehead atoms. The van der Waals surface area contributed by atoms with Gasteiger partial charge in [-0.15, -0.1) is 0 Å². The molecule has 1 atom stereocenters. The van der Waals surface area contributed by atoms with Crippen molar-refractivity contribution in [3.05, 3.63) is 29.8 Å². The molecular formula is C10H14N4S. The van der Waals surface area contributed by atoms with Gasteiger partial charge >= 0.3 is 0 Å². The molecule has 1 aliphatic rings. The monoisotopic (exact) mass is 222 g/mol. The van der Waals surface area contributed by atoms with E-state index in [1.807, 2.05) is 24.3 Å². The quantitative estimate of drug-likeness (QED) is 0.514. The van der Waals surface area contributed by atoms with Crippen LogP contribution in [0.2, 0.25) is 0 Å². The van der Waals surface area contributed by atoms with E-state index in [2.05, 4.69) is 22.7 Å². The van der Waals surface area contributed by atoms with E-state index in [9.17, 15) is 0 Å². The van der Waals surface area contributed by atoms with Crippen LogP contribution in [0.4, 0.5) is 5.69 Å². The van der Waals surface area contributed by atoms with Crippen LogP contribution < -0.4 is 16.6 Å². The summed E-state index contributed by atoms with van der Waals surface area (Å²) >= 11 is 5.17. The van der Waals surface area contributed by atoms with Gasteiger partial charge in [-0.25, -0.2) is 5.43 Å². The van der Waals surface area contributed by atoms with Gasteiger partial charge in [0.15, 0.2) is 5.11 Å². The molecule has 0 aromatic heterocycles. The van der Waals surface area contributed by atoms with Crippen LogP contribution in [0.1, 0.15) is 18.7 Å². The van der Waals surface area contributed by atoms with E-state index < -0.39 is 0 Å². The number of nitrogen functional groups attached to an aromatic ring is 1. The molecule has 0 amide bonds. The highest BCUT2D eigenvalue weighted by Crippen LogP contribution is 2.25. The maximum atomic E-state index is 5.93. The molecule has 15 heavy (non-hydrogen) atoms. The smallest absolute Gasteiger partial charge is 0.185 e. The summed E-state index contributed by atoms with van der Waals surface area (Å²) in [4.78, 5) is 2.06. The van der Waals surface area contributed by atoms with E-state index in [-0.39, 0.29) is 6.17 Å². The maximum absolute atomic E-state index is 5.93. The predicted molar refractivity (Wildman–Crippen MR) is 64.8 cm³/mol. The van der Waals surface area contributed by atoms with Crippen LogP contribution in [0.25, 0.3) is 0 Å². The molecule has 0 saturated carbocycles. The Morgan fingerprint density at radius 3 is 2.87 bits per heavy atom. The molecular weight excluding hydrogens is 208 g/mol. The molecule has 4 nitrogen and oxygen atoms in total. The topological polar surface area (TPSA) is 53.3 Å². The molecule has 0 radical (unpaired) electrons. The van der Waals surface area contributed by atoms with E-state index in [1.165, 1.54) is 0 Å². The van der Waals surface area contributed by atoms with Crippen molar-refractivity contribution < 1.29 is 0 Å². The van der Waals surface area contributed by atoms with E-state index in [0.29, 0.717) is 5.11 Å². The molecule has 1 aromatic carbocycles. The summed E-state index contributed by atoms with van der Waals surface area (Å²) in [6.45, 7) is 2.91. The fourth-order valence-corrected chi connectivity index (χ4v) is 2.02. The molecule has 4 N–H and O–H groups in total. The summed E-state index contributed by atoms with van der Waals surface area (Å²) in [5, 5.41) is 0.714. The molecule has 1 heterocycles. The zero-order chi connectivity index (χ0) is 10.8. The van der Waals surface area contributed by atoms with Crippen molar-refractivity contribution >= 4 is 23.0 Å². The van der Waals surface area contributed by atoms with Crippen LogP contribution in [-0.2, 0) is 0 Å². The Bertz CT molecular complexity index is 379. The summed E-state index contributed by atoms with van der Waals surface area (Å²) in [6, 6.07) is 7.80. The number of benzene rings is 1. The highest BCUT2D eigenvalue weighted by Gasteiger charge is 2.28. The summed E-state index contributed by atoms with van der Waals surface area (Å²) in [6.07, 6.45) is 0.0312. The molecule has 1 aromatic rings. The van der Waals surface area contributed by atoms with Gasteiger partial charge in [-0.05, 0) is 25.2 Å². The van der Waals surface area contributed by atoms with Crippen LogP contribution >= 0.6 is 12.2 Å². The first-order valence-corrected chi connectivity index (χ1v) is 5.31. The number of para-hydroxylation sites is 1. The van der Waals surface area contributed by atoms with Crippen LogP contribution in [0.3, 0.4) is 0 Å². The fraction of sp³-hybridized carbons (Fsp3) is 0.300. The Labute approximate surface area is 94.4 Å². The Hall–Kier alpha value is -1.33. The molecule has 2 rings (SSSR count). The Kier molecular flexibility index (Phi) is 2.75. The first kappa shape index (κ1) is 10.2. The average molecular weight is 222 g/mol. The predicted octanol–water partition coefficient (Wildman–Crippen LogP) is 0.982. The number of rotatable bonds is 2. The van der Waals surface area contributed by atoms with E-state index in [1.54, 1.807) is 0 Å². The molecule has 1 aliphatic heterocycles. The molecule has 1 saturated heterocycles. The third-order valence-electron chi connectivity index (χ3n) is 2.52. The van der Waals surface area contributed by atoms with Gasteiger partial charge in [-0.2, -0.15) is 0 Å². The summed E-state index contributed by atoms with van der Waals surface area (Å²) < 4.78 is 0. The lowest BCUT2D eigenvalue weighted by atomic mass is 10.1. The molecule has 0 spiro atoms. The standard InChI is InChI=1S/C10H14N4S/c1-2-14-9(12-13-10(14)15)7-5-3-4-6-8(7)11/h3-6,9,12H,2,11H2,1H3,(H,13,15). The van der Waals surface area contributed by atoms with Crippen molar-refractivity contribution in [3.63, 3.8) is 0 Å². The molecule has 1 unspecified atom stereocenters. The van der Waals surface area contributed by atoms with Crippen LogP contribution in [0.5, 0.6) is 0 Å². The Morgan fingerprint density at radius 1 is 1.47 bits per heavy atom. The fourth-order valence-electron chi connectivity index (χ4n) is 1.73. The third-order valence-corrected chi connectivity index (χ3v) is 2.86. The lowest BCUT2D eigenvalue weighted by molar-refractivity contribution is 0.330. The lowest BCUT2D eigenvalue weighted by Gasteiger charge is -2.23. The number of hydrazine groups is 1. The van der Waals surface area contributed by atoms with E-state index >= 15 is 0 Å². The summed E-state index contributed by atoms with van der Waals surface area (Å²) in [5.41, 5.74) is 13.8. The van der Waals surface area contributed by atoms with Crippen LogP contribution in [-0.4, -0.2) is 16.6 Å². The van der Waals surface area contributed by atoms with E-state index in [4.69, 9.17) is 18.0 Å². The summed E-state index contributed by atoms with van der Waals surface area (Å²) in [7, 11) is 0. The Balaban J connectivity index is 2.32. The number of nitrogens with two attached hydrogens (primary N) is 1. The van der Waals surface area contributed by atoms with Gasteiger partial charge in [0.25, 0.3) is 0 Å². The van der Waals surface area contributed by atoms with Gasteiger partial charge in [0.1, 0.15) is 6.17 Å².